The lowest BCUT2D eigenvalue weighted by Crippen LogP contribution is -2.20. The van der Waals surface area contributed by atoms with Crippen molar-refractivity contribution >= 4 is 17.3 Å². The normalized spacial score (nSPS) is 13.8. The van der Waals surface area contributed by atoms with Crippen LogP contribution in [-0.2, 0) is 6.18 Å². The summed E-state index contributed by atoms with van der Waals surface area (Å²) in [5.41, 5.74) is -0.634. The highest BCUT2D eigenvalue weighted by atomic mass is 35.5. The number of benzene rings is 1. The van der Waals surface area contributed by atoms with Crippen molar-refractivity contribution in [3.8, 4) is 0 Å². The van der Waals surface area contributed by atoms with Gasteiger partial charge >= 0.3 is 6.18 Å². The van der Waals surface area contributed by atoms with E-state index in [2.05, 4.69) is 5.32 Å². The van der Waals surface area contributed by atoms with Gasteiger partial charge in [-0.2, -0.15) is 13.2 Å². The van der Waals surface area contributed by atoms with E-state index in [1.165, 1.54) is 12.1 Å². The standard InChI is InChI=1S/C13H17ClF3N/c1-8(2)6-9(3)18-12-5-4-10(14)7-11(12)13(15,16)17/h4-5,7-9,18H,6H2,1-3H3. The lowest BCUT2D eigenvalue weighted by atomic mass is 10.0. The monoisotopic (exact) mass is 279 g/mol. The van der Waals surface area contributed by atoms with Crippen LogP contribution in [0.4, 0.5) is 18.9 Å². The third-order valence-electron chi connectivity index (χ3n) is 2.51. The molecule has 0 heterocycles. The fraction of sp³-hybridized carbons (Fsp3) is 0.538. The van der Waals surface area contributed by atoms with Crippen molar-refractivity contribution in [2.24, 2.45) is 5.92 Å². The largest absolute Gasteiger partial charge is 0.418 e. The summed E-state index contributed by atoms with van der Waals surface area (Å²) in [7, 11) is 0. The van der Waals surface area contributed by atoms with Gasteiger partial charge in [-0.15, -0.1) is 0 Å². The predicted molar refractivity (Wildman–Crippen MR) is 69.0 cm³/mol. The first kappa shape index (κ1) is 15.2. The number of anilines is 1. The Balaban J connectivity index is 2.95. The average Bonchev–Trinajstić information content (AvgIpc) is 2.17. The van der Waals surface area contributed by atoms with Gasteiger partial charge in [-0.3, -0.25) is 0 Å². The zero-order valence-corrected chi connectivity index (χ0v) is 11.4. The lowest BCUT2D eigenvalue weighted by Gasteiger charge is -2.20. The van der Waals surface area contributed by atoms with E-state index < -0.39 is 11.7 Å². The molecule has 0 aliphatic carbocycles. The molecule has 1 aromatic carbocycles. The molecule has 0 aliphatic heterocycles. The maximum atomic E-state index is 12.8. The lowest BCUT2D eigenvalue weighted by molar-refractivity contribution is -0.137. The molecular weight excluding hydrogens is 263 g/mol. The summed E-state index contributed by atoms with van der Waals surface area (Å²) in [4.78, 5) is 0. The molecule has 1 N–H and O–H groups in total. The summed E-state index contributed by atoms with van der Waals surface area (Å²) in [6.45, 7) is 5.93. The number of halogens is 4. The number of hydrogen-bond acceptors (Lipinski definition) is 1. The minimum atomic E-state index is -4.40. The van der Waals surface area contributed by atoms with E-state index in [0.717, 1.165) is 12.5 Å². The fourth-order valence-corrected chi connectivity index (χ4v) is 2.08. The Morgan fingerprint density at radius 3 is 2.33 bits per heavy atom. The summed E-state index contributed by atoms with van der Waals surface area (Å²) in [5.74, 6) is 0.425. The van der Waals surface area contributed by atoms with Crippen molar-refractivity contribution in [1.82, 2.24) is 0 Å². The number of nitrogens with one attached hydrogen (secondary N) is 1. The molecule has 1 rings (SSSR count). The molecule has 1 nitrogen and oxygen atoms in total. The van der Waals surface area contributed by atoms with Crippen molar-refractivity contribution in [3.05, 3.63) is 28.8 Å². The molecule has 1 unspecified atom stereocenters. The Morgan fingerprint density at radius 2 is 1.83 bits per heavy atom. The number of hydrogen-bond donors (Lipinski definition) is 1. The molecule has 0 saturated heterocycles. The van der Waals surface area contributed by atoms with Crippen molar-refractivity contribution in [2.75, 3.05) is 5.32 Å². The Hall–Kier alpha value is -0.900. The second kappa shape index (κ2) is 5.83. The maximum absolute atomic E-state index is 12.8. The molecule has 0 bridgehead atoms. The van der Waals surface area contributed by atoms with Gasteiger partial charge in [-0.25, -0.2) is 0 Å². The second-order valence-corrected chi connectivity index (χ2v) is 5.30. The van der Waals surface area contributed by atoms with Crippen molar-refractivity contribution in [1.29, 1.82) is 0 Å². The molecule has 0 aromatic heterocycles. The Bertz CT molecular complexity index is 402. The molecule has 1 atom stereocenters. The van der Waals surface area contributed by atoms with Crippen molar-refractivity contribution in [3.63, 3.8) is 0 Å². The highest BCUT2D eigenvalue weighted by molar-refractivity contribution is 6.30. The SMILES string of the molecule is CC(C)CC(C)Nc1ccc(Cl)cc1C(F)(F)F. The molecule has 5 heteroatoms. The van der Waals surface area contributed by atoms with E-state index in [1.54, 1.807) is 0 Å². The summed E-state index contributed by atoms with van der Waals surface area (Å²) in [5, 5.41) is 2.98. The zero-order valence-electron chi connectivity index (χ0n) is 10.6. The van der Waals surface area contributed by atoms with E-state index in [1.807, 2.05) is 20.8 Å². The van der Waals surface area contributed by atoms with E-state index in [-0.39, 0.29) is 16.8 Å². The summed E-state index contributed by atoms with van der Waals surface area (Å²) < 4.78 is 38.5. The fourth-order valence-electron chi connectivity index (χ4n) is 1.91. The molecule has 1 aromatic rings. The van der Waals surface area contributed by atoms with Gasteiger partial charge in [0.2, 0.25) is 0 Å². The Kier molecular flexibility index (Phi) is 4.91. The smallest absolute Gasteiger partial charge is 0.382 e. The van der Waals surface area contributed by atoms with Gasteiger partial charge in [-0.05, 0) is 37.5 Å². The quantitative estimate of drug-likeness (QED) is 0.798. The van der Waals surface area contributed by atoms with E-state index in [9.17, 15) is 13.2 Å². The molecule has 0 radical (unpaired) electrons. The van der Waals surface area contributed by atoms with E-state index in [0.29, 0.717) is 5.92 Å². The average molecular weight is 280 g/mol. The summed E-state index contributed by atoms with van der Waals surface area (Å²) >= 11 is 5.62. The van der Waals surface area contributed by atoms with E-state index >= 15 is 0 Å². The third kappa shape index (κ3) is 4.41. The molecule has 0 amide bonds. The van der Waals surface area contributed by atoms with Crippen molar-refractivity contribution < 1.29 is 13.2 Å². The number of alkyl halides is 3. The van der Waals surface area contributed by atoms with Crippen LogP contribution in [0, 0.1) is 5.92 Å². The zero-order chi connectivity index (χ0) is 13.9. The summed E-state index contributed by atoms with van der Waals surface area (Å²) in [6, 6.07) is 3.77. The van der Waals surface area contributed by atoms with Gasteiger partial charge in [0, 0.05) is 16.8 Å². The minimum Gasteiger partial charge on any atom is -0.382 e. The Labute approximate surface area is 110 Å². The minimum absolute atomic E-state index is 0.0210. The van der Waals surface area contributed by atoms with Gasteiger partial charge in [0.25, 0.3) is 0 Å². The molecule has 102 valence electrons. The van der Waals surface area contributed by atoms with Gasteiger partial charge in [0.1, 0.15) is 0 Å². The maximum Gasteiger partial charge on any atom is 0.418 e. The molecule has 0 aliphatic rings. The van der Waals surface area contributed by atoms with Crippen LogP contribution >= 0.6 is 11.6 Å². The van der Waals surface area contributed by atoms with Gasteiger partial charge in [0.15, 0.2) is 0 Å². The summed E-state index contributed by atoms with van der Waals surface area (Å²) in [6.07, 6.45) is -3.59. The van der Waals surface area contributed by atoms with Gasteiger partial charge < -0.3 is 5.32 Å². The topological polar surface area (TPSA) is 12.0 Å². The second-order valence-electron chi connectivity index (χ2n) is 4.86. The first-order valence-electron chi connectivity index (χ1n) is 5.83. The van der Waals surface area contributed by atoms with Crippen molar-refractivity contribution in [2.45, 2.75) is 39.4 Å². The van der Waals surface area contributed by atoms with Crippen LogP contribution in [0.3, 0.4) is 0 Å². The van der Waals surface area contributed by atoms with Gasteiger partial charge in [0.05, 0.1) is 5.56 Å². The van der Waals surface area contributed by atoms with Crippen LogP contribution in [-0.4, -0.2) is 6.04 Å². The van der Waals surface area contributed by atoms with Crippen LogP contribution in [0.1, 0.15) is 32.8 Å². The highest BCUT2D eigenvalue weighted by Crippen LogP contribution is 2.36. The van der Waals surface area contributed by atoms with Crippen LogP contribution in [0.5, 0.6) is 0 Å². The molecule has 0 fully saturated rings. The first-order chi connectivity index (χ1) is 8.20. The van der Waals surface area contributed by atoms with Crippen LogP contribution in [0.15, 0.2) is 18.2 Å². The third-order valence-corrected chi connectivity index (χ3v) is 2.75. The predicted octanol–water partition coefficient (Wildman–Crippen LogP) is 5.21. The van der Waals surface area contributed by atoms with E-state index in [4.69, 9.17) is 11.6 Å². The molecular formula is C13H17ClF3N. The van der Waals surface area contributed by atoms with Crippen LogP contribution < -0.4 is 5.32 Å². The molecule has 0 saturated carbocycles. The first-order valence-corrected chi connectivity index (χ1v) is 6.21. The molecule has 0 spiro atoms. The Morgan fingerprint density at radius 1 is 1.22 bits per heavy atom. The van der Waals surface area contributed by atoms with Crippen LogP contribution in [0.25, 0.3) is 0 Å². The highest BCUT2D eigenvalue weighted by Gasteiger charge is 2.34. The van der Waals surface area contributed by atoms with Crippen LogP contribution in [0.2, 0.25) is 5.02 Å². The number of rotatable bonds is 4. The van der Waals surface area contributed by atoms with Gasteiger partial charge in [-0.1, -0.05) is 25.4 Å². The molecule has 18 heavy (non-hydrogen) atoms.